The topological polar surface area (TPSA) is 132 Å². The fourth-order valence-electron chi connectivity index (χ4n) is 3.11. The van der Waals surface area contributed by atoms with E-state index in [0.29, 0.717) is 17.0 Å². The van der Waals surface area contributed by atoms with Crippen molar-refractivity contribution in [3.05, 3.63) is 70.0 Å². The first-order valence-electron chi connectivity index (χ1n) is 9.82. The van der Waals surface area contributed by atoms with Gasteiger partial charge in [-0.2, -0.15) is 0 Å². The highest BCUT2D eigenvalue weighted by Crippen LogP contribution is 2.33. The molecule has 3 aromatic rings. The van der Waals surface area contributed by atoms with Crippen LogP contribution in [0.3, 0.4) is 0 Å². The van der Waals surface area contributed by atoms with Crippen LogP contribution in [0.4, 0.5) is 0 Å². The normalized spacial score (nSPS) is 10.4. The van der Waals surface area contributed by atoms with E-state index >= 15 is 0 Å². The molecule has 0 saturated heterocycles. The molecule has 2 aromatic carbocycles. The Morgan fingerprint density at radius 3 is 2.39 bits per heavy atom. The van der Waals surface area contributed by atoms with Gasteiger partial charge >= 0.3 is 5.97 Å². The molecule has 0 unspecified atom stereocenters. The van der Waals surface area contributed by atoms with Crippen LogP contribution in [0.5, 0.6) is 5.75 Å². The molecule has 0 atom stereocenters. The average Bonchev–Trinajstić information content (AvgIpc) is 3.19. The van der Waals surface area contributed by atoms with Crippen LogP contribution in [0.1, 0.15) is 27.6 Å². The second-order valence-corrected chi connectivity index (χ2v) is 6.87. The first-order valence-corrected chi connectivity index (χ1v) is 10.4. The number of carbonyl (C=O) groups excluding carboxylic acids is 3. The van der Waals surface area contributed by atoms with Gasteiger partial charge in [0.05, 0.1) is 25.1 Å². The second-order valence-electron chi connectivity index (χ2n) is 6.60. The summed E-state index contributed by atoms with van der Waals surface area (Å²) in [5.74, 6) is -1.74. The maximum absolute atomic E-state index is 12.7. The van der Waals surface area contributed by atoms with Gasteiger partial charge < -0.3 is 9.47 Å². The van der Waals surface area contributed by atoms with Gasteiger partial charge in [-0.25, -0.2) is 4.79 Å². The largest absolute Gasteiger partial charge is 0.496 e. The summed E-state index contributed by atoms with van der Waals surface area (Å²) in [6.45, 7) is 1.74. The van der Waals surface area contributed by atoms with Crippen LogP contribution >= 0.6 is 11.6 Å². The molecule has 10 nitrogen and oxygen atoms in total. The number of ether oxygens (including phenoxy) is 2. The molecule has 1 aromatic heterocycles. The van der Waals surface area contributed by atoms with Crippen LogP contribution in [-0.4, -0.2) is 47.2 Å². The maximum Gasteiger partial charge on any atom is 0.346 e. The number of hydrazine groups is 1. The number of nitrogens with one attached hydrogen (secondary N) is 3. The molecule has 0 saturated carbocycles. The maximum atomic E-state index is 12.7. The lowest BCUT2D eigenvalue weighted by Crippen LogP contribution is -2.42. The van der Waals surface area contributed by atoms with E-state index in [9.17, 15) is 19.2 Å². The van der Waals surface area contributed by atoms with E-state index in [-0.39, 0.29) is 29.3 Å². The summed E-state index contributed by atoms with van der Waals surface area (Å²) >= 11 is 5.38. The van der Waals surface area contributed by atoms with Gasteiger partial charge in [0.1, 0.15) is 11.6 Å². The number of aromatic amines is 1. The van der Waals surface area contributed by atoms with Crippen LogP contribution in [0.2, 0.25) is 0 Å². The molecule has 2 amide bonds. The van der Waals surface area contributed by atoms with Gasteiger partial charge in [-0.05, 0) is 43.3 Å². The Bertz CT molecular complexity index is 1230. The van der Waals surface area contributed by atoms with Gasteiger partial charge in [0.25, 0.3) is 17.4 Å². The van der Waals surface area contributed by atoms with Crippen molar-refractivity contribution in [1.82, 2.24) is 20.6 Å². The molecule has 0 aliphatic heterocycles. The third-order valence-corrected chi connectivity index (χ3v) is 4.81. The molecule has 0 spiro atoms. The molecule has 11 heteroatoms. The molecule has 1 heterocycles. The van der Waals surface area contributed by atoms with E-state index in [4.69, 9.17) is 21.1 Å². The number of amides is 2. The highest BCUT2D eigenvalue weighted by Gasteiger charge is 2.26. The van der Waals surface area contributed by atoms with Gasteiger partial charge in [0, 0.05) is 11.1 Å². The number of methoxy groups -OCH3 is 1. The van der Waals surface area contributed by atoms with Crippen molar-refractivity contribution in [3.63, 3.8) is 0 Å². The summed E-state index contributed by atoms with van der Waals surface area (Å²) in [6, 6.07) is 13.0. The molecular formula is C22H21ClN4O6. The van der Waals surface area contributed by atoms with Gasteiger partial charge in [0.2, 0.25) is 0 Å². The SMILES string of the molecule is CCOC(=O)c1c(-c2ccccc2OC)n(-c2ccc(C(=O)NNC(=O)CCl)cc2)[nH]c1=O. The quantitative estimate of drug-likeness (QED) is 0.274. The van der Waals surface area contributed by atoms with Gasteiger partial charge in [0.15, 0.2) is 5.56 Å². The third kappa shape index (κ3) is 5.07. The fraction of sp³-hybridized carbons (Fsp3) is 0.182. The summed E-state index contributed by atoms with van der Waals surface area (Å²) in [5.41, 5.74) is 5.04. The predicted molar refractivity (Wildman–Crippen MR) is 121 cm³/mol. The number of H-pyrrole nitrogens is 1. The number of benzene rings is 2. The highest BCUT2D eigenvalue weighted by atomic mass is 35.5. The van der Waals surface area contributed by atoms with Crippen molar-refractivity contribution >= 4 is 29.4 Å². The summed E-state index contributed by atoms with van der Waals surface area (Å²) in [5, 5.41) is 2.65. The molecule has 0 aliphatic rings. The van der Waals surface area contributed by atoms with Gasteiger partial charge in [-0.1, -0.05) is 12.1 Å². The van der Waals surface area contributed by atoms with Crippen LogP contribution in [0.15, 0.2) is 53.3 Å². The molecule has 0 fully saturated rings. The molecule has 0 aliphatic carbocycles. The smallest absolute Gasteiger partial charge is 0.346 e. The Hall–Kier alpha value is -4.05. The zero-order valence-electron chi connectivity index (χ0n) is 17.8. The van der Waals surface area contributed by atoms with E-state index in [1.807, 2.05) is 0 Å². The molecule has 0 radical (unpaired) electrons. The lowest BCUT2D eigenvalue weighted by Gasteiger charge is -2.14. The number of alkyl halides is 1. The van der Waals surface area contributed by atoms with E-state index in [1.54, 1.807) is 43.3 Å². The number of rotatable bonds is 7. The summed E-state index contributed by atoms with van der Waals surface area (Å²) in [4.78, 5) is 48.7. The average molecular weight is 473 g/mol. The van der Waals surface area contributed by atoms with Crippen LogP contribution < -0.4 is 21.1 Å². The van der Waals surface area contributed by atoms with Crippen LogP contribution in [-0.2, 0) is 9.53 Å². The number of nitrogens with zero attached hydrogens (tertiary/aromatic N) is 1. The number of esters is 1. The fourth-order valence-corrected chi connectivity index (χ4v) is 3.18. The zero-order chi connectivity index (χ0) is 24.0. The minimum atomic E-state index is -0.774. The summed E-state index contributed by atoms with van der Waals surface area (Å²) in [6.07, 6.45) is 0. The number of para-hydroxylation sites is 1. The second kappa shape index (κ2) is 10.5. The Morgan fingerprint density at radius 2 is 1.76 bits per heavy atom. The van der Waals surface area contributed by atoms with E-state index in [1.165, 1.54) is 23.9 Å². The van der Waals surface area contributed by atoms with Crippen molar-refractivity contribution in [2.75, 3.05) is 19.6 Å². The van der Waals surface area contributed by atoms with Gasteiger partial charge in [-0.15, -0.1) is 11.6 Å². The van der Waals surface area contributed by atoms with Crippen LogP contribution in [0.25, 0.3) is 16.9 Å². The Labute approximate surface area is 193 Å². The number of aromatic nitrogens is 2. The summed E-state index contributed by atoms with van der Waals surface area (Å²) in [7, 11) is 1.48. The van der Waals surface area contributed by atoms with Crippen molar-refractivity contribution in [1.29, 1.82) is 0 Å². The Kier molecular flexibility index (Phi) is 7.52. The number of halogens is 1. The number of carbonyl (C=O) groups is 3. The van der Waals surface area contributed by atoms with E-state index in [0.717, 1.165) is 0 Å². The molecular weight excluding hydrogens is 452 g/mol. The monoisotopic (exact) mass is 472 g/mol. The number of hydrogen-bond donors (Lipinski definition) is 3. The molecule has 0 bridgehead atoms. The zero-order valence-corrected chi connectivity index (χ0v) is 18.6. The first-order chi connectivity index (χ1) is 15.9. The Balaban J connectivity index is 2.07. The summed E-state index contributed by atoms with van der Waals surface area (Å²) < 4.78 is 11.9. The minimum Gasteiger partial charge on any atom is -0.496 e. The molecule has 3 rings (SSSR count). The lowest BCUT2D eigenvalue weighted by molar-refractivity contribution is -0.119. The Morgan fingerprint density at radius 1 is 1.06 bits per heavy atom. The van der Waals surface area contributed by atoms with Crippen LogP contribution in [0, 0.1) is 0 Å². The number of hydrogen-bond acceptors (Lipinski definition) is 6. The first kappa shape index (κ1) is 23.6. The van der Waals surface area contributed by atoms with Gasteiger partial charge in [-0.3, -0.25) is 35.0 Å². The lowest BCUT2D eigenvalue weighted by atomic mass is 10.1. The standard InChI is InChI=1S/C22H21ClN4O6/c1-3-33-22(31)18-19(15-6-4-5-7-16(15)32-2)27(26-21(18)30)14-10-8-13(9-11-14)20(29)25-24-17(28)12-23/h4-11H,3,12H2,1-2H3,(H,24,28)(H,25,29)(H,26,30). The minimum absolute atomic E-state index is 0.0961. The van der Waals surface area contributed by atoms with Crippen molar-refractivity contribution in [2.24, 2.45) is 0 Å². The van der Waals surface area contributed by atoms with Crippen molar-refractivity contribution in [2.45, 2.75) is 6.92 Å². The molecule has 3 N–H and O–H groups in total. The molecule has 33 heavy (non-hydrogen) atoms. The van der Waals surface area contributed by atoms with Crippen molar-refractivity contribution < 1.29 is 23.9 Å². The molecule has 172 valence electrons. The highest BCUT2D eigenvalue weighted by molar-refractivity contribution is 6.27. The van der Waals surface area contributed by atoms with E-state index < -0.39 is 23.3 Å². The predicted octanol–water partition coefficient (Wildman–Crippen LogP) is 2.02. The van der Waals surface area contributed by atoms with E-state index in [2.05, 4.69) is 16.0 Å². The van der Waals surface area contributed by atoms with Crippen molar-refractivity contribution in [3.8, 4) is 22.7 Å². The third-order valence-electron chi connectivity index (χ3n) is 4.57.